The predicted octanol–water partition coefficient (Wildman–Crippen LogP) is -1.34. The molecule has 0 saturated carbocycles. The van der Waals surface area contributed by atoms with Crippen molar-refractivity contribution in [3.8, 4) is 0 Å². The van der Waals surface area contributed by atoms with Gasteiger partial charge in [-0.25, -0.2) is 9.59 Å². The van der Waals surface area contributed by atoms with Crippen molar-refractivity contribution in [1.29, 1.82) is 0 Å². The smallest absolute Gasteiger partial charge is 0.340 e. The number of guanidine groups is 1. The summed E-state index contributed by atoms with van der Waals surface area (Å²) in [5.74, 6) is -2.83. The van der Waals surface area contributed by atoms with Crippen LogP contribution in [0.25, 0.3) is 0 Å². The standard InChI is InChI=1S/C11H22N4O5S/c1-3-19-9(18)11(14,8(16)17)7(20-6(2)21)4-5-15-10(12)13/h6-7,21H,3-5,14H2,1-2H3,(H,16,17)(H4,12,13,15)/t6?,7?,11-/m0/s1. The number of aliphatic imine (C=N–C) groups is 1. The molecule has 0 radical (unpaired) electrons. The van der Waals surface area contributed by atoms with E-state index in [-0.39, 0.29) is 25.5 Å². The second-order valence-electron chi connectivity index (χ2n) is 4.21. The molecule has 0 aromatic heterocycles. The quantitative estimate of drug-likeness (QED) is 0.0869. The van der Waals surface area contributed by atoms with Gasteiger partial charge in [0.25, 0.3) is 0 Å². The van der Waals surface area contributed by atoms with Gasteiger partial charge in [-0.15, -0.1) is 12.6 Å². The van der Waals surface area contributed by atoms with Gasteiger partial charge in [0.15, 0.2) is 5.96 Å². The largest absolute Gasteiger partial charge is 0.479 e. The molecule has 0 spiro atoms. The van der Waals surface area contributed by atoms with Gasteiger partial charge in [0.1, 0.15) is 6.10 Å². The van der Waals surface area contributed by atoms with Crippen LogP contribution >= 0.6 is 12.6 Å². The molecule has 10 heteroatoms. The molecule has 0 aliphatic carbocycles. The molecule has 0 aliphatic rings. The molecule has 0 fully saturated rings. The normalized spacial score (nSPS) is 16.4. The highest BCUT2D eigenvalue weighted by Gasteiger charge is 2.52. The number of aliphatic carboxylic acids is 1. The van der Waals surface area contributed by atoms with Crippen molar-refractivity contribution in [3.05, 3.63) is 0 Å². The Morgan fingerprint density at radius 1 is 1.43 bits per heavy atom. The lowest BCUT2D eigenvalue weighted by Crippen LogP contribution is -2.65. The van der Waals surface area contributed by atoms with Crippen molar-refractivity contribution in [3.63, 3.8) is 0 Å². The molecule has 122 valence electrons. The molecule has 7 N–H and O–H groups in total. The van der Waals surface area contributed by atoms with E-state index in [1.165, 1.54) is 6.92 Å². The van der Waals surface area contributed by atoms with Crippen LogP contribution in [0.5, 0.6) is 0 Å². The summed E-state index contributed by atoms with van der Waals surface area (Å²) in [5.41, 5.74) is 13.1. The molecule has 0 heterocycles. The Morgan fingerprint density at radius 2 is 2.00 bits per heavy atom. The molecule has 21 heavy (non-hydrogen) atoms. The second-order valence-corrected chi connectivity index (χ2v) is 4.94. The zero-order valence-corrected chi connectivity index (χ0v) is 12.9. The number of nitrogens with two attached hydrogens (primary N) is 3. The SMILES string of the molecule is CCOC(=O)[C@@](N)(C(=O)O)C(CCN=C(N)N)OC(C)S. The van der Waals surface area contributed by atoms with Crippen molar-refractivity contribution in [2.75, 3.05) is 13.2 Å². The van der Waals surface area contributed by atoms with E-state index in [1.807, 2.05) is 0 Å². The number of hydrogen-bond donors (Lipinski definition) is 5. The Labute approximate surface area is 128 Å². The summed E-state index contributed by atoms with van der Waals surface area (Å²) in [7, 11) is 0. The predicted molar refractivity (Wildman–Crippen MR) is 79.8 cm³/mol. The van der Waals surface area contributed by atoms with E-state index in [9.17, 15) is 14.7 Å². The third kappa shape index (κ3) is 5.78. The highest BCUT2D eigenvalue weighted by Crippen LogP contribution is 2.20. The van der Waals surface area contributed by atoms with Gasteiger partial charge in [-0.1, -0.05) is 0 Å². The molecule has 9 nitrogen and oxygen atoms in total. The highest BCUT2D eigenvalue weighted by molar-refractivity contribution is 7.80. The molecule has 0 bridgehead atoms. The number of carboxylic acids is 1. The fraction of sp³-hybridized carbons (Fsp3) is 0.727. The first-order chi connectivity index (χ1) is 9.66. The molecule has 0 aromatic carbocycles. The third-order valence-corrected chi connectivity index (χ3v) is 2.64. The Balaban J connectivity index is 5.32. The molecule has 0 aliphatic heterocycles. The van der Waals surface area contributed by atoms with Gasteiger partial charge >= 0.3 is 11.9 Å². The van der Waals surface area contributed by atoms with E-state index in [4.69, 9.17) is 26.7 Å². The van der Waals surface area contributed by atoms with Crippen LogP contribution in [-0.2, 0) is 19.1 Å². The van der Waals surface area contributed by atoms with E-state index in [0.29, 0.717) is 0 Å². The molecule has 0 amide bonds. The van der Waals surface area contributed by atoms with Crippen molar-refractivity contribution >= 4 is 30.5 Å². The number of carbonyl (C=O) groups is 2. The summed E-state index contributed by atoms with van der Waals surface area (Å²) in [6, 6.07) is 0. The molecule has 0 aromatic rings. The summed E-state index contributed by atoms with van der Waals surface area (Å²) in [4.78, 5) is 27.1. The molecule has 0 rings (SSSR count). The Kier molecular flexibility index (Phi) is 8.07. The van der Waals surface area contributed by atoms with Crippen LogP contribution in [0.2, 0.25) is 0 Å². The van der Waals surface area contributed by atoms with E-state index in [1.54, 1.807) is 6.92 Å². The average Bonchev–Trinajstić information content (AvgIpc) is 2.35. The lowest BCUT2D eigenvalue weighted by Gasteiger charge is -2.32. The summed E-state index contributed by atoms with van der Waals surface area (Å²) in [6.07, 6.45) is -1.20. The number of ether oxygens (including phenoxy) is 2. The summed E-state index contributed by atoms with van der Waals surface area (Å²) < 4.78 is 10.1. The Morgan fingerprint density at radius 3 is 2.38 bits per heavy atom. The van der Waals surface area contributed by atoms with Crippen LogP contribution in [0.1, 0.15) is 20.3 Å². The van der Waals surface area contributed by atoms with Crippen molar-refractivity contribution in [2.24, 2.45) is 22.2 Å². The van der Waals surface area contributed by atoms with Crippen molar-refractivity contribution < 1.29 is 24.2 Å². The van der Waals surface area contributed by atoms with Gasteiger partial charge in [0.05, 0.1) is 12.0 Å². The summed E-state index contributed by atoms with van der Waals surface area (Å²) in [5, 5.41) is 9.31. The number of hydrogen-bond acceptors (Lipinski definition) is 7. The lowest BCUT2D eigenvalue weighted by molar-refractivity contribution is -0.170. The monoisotopic (exact) mass is 322 g/mol. The maximum Gasteiger partial charge on any atom is 0.340 e. The van der Waals surface area contributed by atoms with Crippen LogP contribution in [0.15, 0.2) is 4.99 Å². The maximum absolute atomic E-state index is 11.9. The number of carboxylic acid groups (broad SMARTS) is 1. The lowest BCUT2D eigenvalue weighted by atomic mass is 9.91. The van der Waals surface area contributed by atoms with Crippen LogP contribution in [0.3, 0.4) is 0 Å². The highest BCUT2D eigenvalue weighted by atomic mass is 32.1. The zero-order chi connectivity index (χ0) is 16.6. The Bertz CT molecular complexity index is 400. The van der Waals surface area contributed by atoms with Gasteiger partial charge in [0.2, 0.25) is 5.54 Å². The van der Waals surface area contributed by atoms with Crippen LogP contribution in [0, 0.1) is 0 Å². The minimum Gasteiger partial charge on any atom is -0.479 e. The third-order valence-electron chi connectivity index (χ3n) is 2.52. The van der Waals surface area contributed by atoms with Gasteiger partial charge in [-0.3, -0.25) is 4.99 Å². The van der Waals surface area contributed by atoms with Crippen molar-refractivity contribution in [1.82, 2.24) is 0 Å². The topological polar surface area (TPSA) is 163 Å². The Hall–Kier alpha value is -1.52. The summed E-state index contributed by atoms with van der Waals surface area (Å²) in [6.45, 7) is 3.13. The van der Waals surface area contributed by atoms with Crippen LogP contribution in [-0.4, -0.2) is 53.2 Å². The van der Waals surface area contributed by atoms with Crippen LogP contribution < -0.4 is 17.2 Å². The number of rotatable bonds is 9. The molecule has 2 unspecified atom stereocenters. The van der Waals surface area contributed by atoms with Gasteiger partial charge in [-0.05, 0) is 20.3 Å². The number of nitrogens with zero attached hydrogens (tertiary/aromatic N) is 1. The van der Waals surface area contributed by atoms with E-state index in [2.05, 4.69) is 17.6 Å². The van der Waals surface area contributed by atoms with Crippen LogP contribution in [0.4, 0.5) is 0 Å². The van der Waals surface area contributed by atoms with E-state index < -0.39 is 29.0 Å². The van der Waals surface area contributed by atoms with E-state index in [0.717, 1.165) is 0 Å². The fourth-order valence-electron chi connectivity index (χ4n) is 1.56. The fourth-order valence-corrected chi connectivity index (χ4v) is 1.71. The average molecular weight is 322 g/mol. The van der Waals surface area contributed by atoms with Gasteiger partial charge in [-0.2, -0.15) is 0 Å². The van der Waals surface area contributed by atoms with Crippen molar-refractivity contribution in [2.45, 2.75) is 37.3 Å². The minimum atomic E-state index is -2.37. The number of thiol groups is 1. The minimum absolute atomic E-state index is 0.00438. The first kappa shape index (κ1) is 19.5. The van der Waals surface area contributed by atoms with Gasteiger partial charge in [0, 0.05) is 6.54 Å². The molecular weight excluding hydrogens is 300 g/mol. The first-order valence-electron chi connectivity index (χ1n) is 6.24. The molecule has 0 saturated heterocycles. The maximum atomic E-state index is 11.9. The molecule has 3 atom stereocenters. The van der Waals surface area contributed by atoms with E-state index >= 15 is 0 Å². The summed E-state index contributed by atoms with van der Waals surface area (Å²) >= 11 is 4.01. The number of esters is 1. The molecular formula is C11H22N4O5S. The zero-order valence-electron chi connectivity index (χ0n) is 12.0. The number of carbonyl (C=O) groups excluding carboxylic acids is 1. The first-order valence-corrected chi connectivity index (χ1v) is 6.76. The van der Waals surface area contributed by atoms with Gasteiger partial charge < -0.3 is 31.8 Å². The second kappa shape index (κ2) is 8.70.